The first-order valence-electron chi connectivity index (χ1n) is 6.99. The van der Waals surface area contributed by atoms with Crippen molar-refractivity contribution in [1.29, 1.82) is 0 Å². The smallest absolute Gasteiger partial charge is 0.270 e. The highest BCUT2D eigenvalue weighted by molar-refractivity contribution is 9.10. The van der Waals surface area contributed by atoms with Gasteiger partial charge in [0.2, 0.25) is 0 Å². The Labute approximate surface area is 136 Å². The Balaban J connectivity index is 1.63. The van der Waals surface area contributed by atoms with Crippen LogP contribution in [0.25, 0.3) is 0 Å². The number of furan rings is 1. The van der Waals surface area contributed by atoms with E-state index in [0.29, 0.717) is 37.4 Å². The van der Waals surface area contributed by atoms with Crippen LogP contribution in [0.15, 0.2) is 39.7 Å². The number of hydrogen-bond donors (Lipinski definition) is 0. The van der Waals surface area contributed by atoms with Gasteiger partial charge in [0.1, 0.15) is 12.0 Å². The van der Waals surface area contributed by atoms with Gasteiger partial charge in [-0.3, -0.25) is 9.59 Å². The number of carbonyl (C=O) groups excluding carboxylic acids is 2. The van der Waals surface area contributed by atoms with Gasteiger partial charge in [-0.1, -0.05) is 0 Å². The van der Waals surface area contributed by atoms with Crippen molar-refractivity contribution in [2.24, 2.45) is 7.05 Å². The number of hydrogen-bond acceptors (Lipinski definition) is 3. The molecule has 0 spiro atoms. The SMILES string of the molecule is Cn1cc(Br)cc1C(=O)N1CCN(C(=O)c2ccoc2)CC1. The summed E-state index contributed by atoms with van der Waals surface area (Å²) in [6.45, 7) is 2.12. The first kappa shape index (κ1) is 14.9. The van der Waals surface area contributed by atoms with Crippen LogP contribution in [0, 0.1) is 0 Å². The van der Waals surface area contributed by atoms with Crippen molar-refractivity contribution < 1.29 is 14.0 Å². The van der Waals surface area contributed by atoms with Crippen molar-refractivity contribution >= 4 is 27.7 Å². The van der Waals surface area contributed by atoms with Crippen LogP contribution in [0.1, 0.15) is 20.8 Å². The fraction of sp³-hybridized carbons (Fsp3) is 0.333. The molecule has 3 heterocycles. The lowest BCUT2D eigenvalue weighted by atomic mass is 10.2. The minimum Gasteiger partial charge on any atom is -0.472 e. The fourth-order valence-corrected chi connectivity index (χ4v) is 3.10. The largest absolute Gasteiger partial charge is 0.472 e. The second-order valence-corrected chi connectivity index (χ2v) is 6.17. The zero-order valence-electron chi connectivity index (χ0n) is 12.2. The summed E-state index contributed by atoms with van der Waals surface area (Å²) in [5.41, 5.74) is 1.19. The molecule has 7 heteroatoms. The van der Waals surface area contributed by atoms with Gasteiger partial charge in [-0.15, -0.1) is 0 Å². The van der Waals surface area contributed by atoms with Gasteiger partial charge in [-0.05, 0) is 28.1 Å². The van der Waals surface area contributed by atoms with Gasteiger partial charge in [-0.25, -0.2) is 0 Å². The average molecular weight is 366 g/mol. The van der Waals surface area contributed by atoms with E-state index in [4.69, 9.17) is 4.42 Å². The number of halogens is 1. The Morgan fingerprint density at radius 1 is 1.14 bits per heavy atom. The van der Waals surface area contributed by atoms with E-state index in [9.17, 15) is 9.59 Å². The molecule has 1 saturated heterocycles. The van der Waals surface area contributed by atoms with Gasteiger partial charge in [0.15, 0.2) is 0 Å². The number of nitrogens with zero attached hydrogens (tertiary/aromatic N) is 3. The van der Waals surface area contributed by atoms with Crippen LogP contribution < -0.4 is 0 Å². The van der Waals surface area contributed by atoms with Crippen LogP contribution in [0.3, 0.4) is 0 Å². The van der Waals surface area contributed by atoms with Crippen molar-refractivity contribution in [3.8, 4) is 0 Å². The van der Waals surface area contributed by atoms with Gasteiger partial charge >= 0.3 is 0 Å². The molecule has 3 rings (SSSR count). The van der Waals surface area contributed by atoms with Crippen LogP contribution in [-0.2, 0) is 7.05 Å². The summed E-state index contributed by atoms with van der Waals surface area (Å²) in [4.78, 5) is 28.2. The van der Waals surface area contributed by atoms with E-state index in [2.05, 4.69) is 15.9 Å². The predicted molar refractivity (Wildman–Crippen MR) is 83.6 cm³/mol. The Morgan fingerprint density at radius 2 is 1.77 bits per heavy atom. The van der Waals surface area contributed by atoms with Gasteiger partial charge in [0.25, 0.3) is 11.8 Å². The van der Waals surface area contributed by atoms with Gasteiger partial charge < -0.3 is 18.8 Å². The Hall–Kier alpha value is -2.02. The number of aryl methyl sites for hydroxylation is 1. The molecule has 1 aliphatic rings. The van der Waals surface area contributed by atoms with Crippen LogP contribution in [0.2, 0.25) is 0 Å². The second-order valence-electron chi connectivity index (χ2n) is 5.25. The first-order valence-corrected chi connectivity index (χ1v) is 7.78. The van der Waals surface area contributed by atoms with Gasteiger partial charge in [0.05, 0.1) is 11.8 Å². The van der Waals surface area contributed by atoms with Crippen molar-refractivity contribution in [1.82, 2.24) is 14.4 Å². The van der Waals surface area contributed by atoms with E-state index in [-0.39, 0.29) is 11.8 Å². The van der Waals surface area contributed by atoms with Gasteiger partial charge in [-0.2, -0.15) is 0 Å². The van der Waals surface area contributed by atoms with Crippen molar-refractivity contribution in [2.45, 2.75) is 0 Å². The van der Waals surface area contributed by atoms with Crippen molar-refractivity contribution in [3.63, 3.8) is 0 Å². The molecule has 1 fully saturated rings. The van der Waals surface area contributed by atoms with Crippen LogP contribution in [0.5, 0.6) is 0 Å². The molecule has 0 aromatic carbocycles. The normalized spacial score (nSPS) is 15.2. The zero-order valence-corrected chi connectivity index (χ0v) is 13.7. The summed E-state index contributed by atoms with van der Waals surface area (Å²) in [6, 6.07) is 3.46. The first-order chi connectivity index (χ1) is 10.6. The Bertz CT molecular complexity index is 685. The average Bonchev–Trinajstić information content (AvgIpc) is 3.15. The third kappa shape index (κ3) is 2.81. The molecular weight excluding hydrogens is 350 g/mol. The second kappa shape index (κ2) is 6.00. The predicted octanol–water partition coefficient (Wildman–Crippen LogP) is 1.98. The van der Waals surface area contributed by atoms with E-state index < -0.39 is 0 Å². The fourth-order valence-electron chi connectivity index (χ4n) is 2.58. The third-order valence-electron chi connectivity index (χ3n) is 3.81. The quantitative estimate of drug-likeness (QED) is 0.817. The number of aromatic nitrogens is 1. The van der Waals surface area contributed by atoms with Crippen LogP contribution >= 0.6 is 15.9 Å². The molecule has 0 atom stereocenters. The Morgan fingerprint density at radius 3 is 2.27 bits per heavy atom. The lowest BCUT2D eigenvalue weighted by molar-refractivity contribution is 0.0530. The molecule has 0 unspecified atom stereocenters. The molecule has 2 aromatic rings. The summed E-state index contributed by atoms with van der Waals surface area (Å²) in [6.07, 6.45) is 4.79. The summed E-state index contributed by atoms with van der Waals surface area (Å²) in [5.74, 6) is -0.0638. The monoisotopic (exact) mass is 365 g/mol. The molecule has 116 valence electrons. The molecule has 0 bridgehead atoms. The maximum atomic E-state index is 12.5. The topological polar surface area (TPSA) is 58.7 Å². The number of amides is 2. The number of carbonyl (C=O) groups is 2. The molecular formula is C15H16BrN3O3. The van der Waals surface area contributed by atoms with E-state index in [1.54, 1.807) is 20.4 Å². The lowest BCUT2D eigenvalue weighted by Crippen LogP contribution is -2.50. The lowest BCUT2D eigenvalue weighted by Gasteiger charge is -2.34. The molecule has 1 aliphatic heterocycles. The highest BCUT2D eigenvalue weighted by Crippen LogP contribution is 2.17. The molecule has 0 saturated carbocycles. The van der Waals surface area contributed by atoms with E-state index in [1.165, 1.54) is 12.5 Å². The third-order valence-corrected chi connectivity index (χ3v) is 4.25. The molecule has 6 nitrogen and oxygen atoms in total. The standard InChI is InChI=1S/C15H16BrN3O3/c1-17-9-12(16)8-13(17)15(21)19-5-3-18(4-6-19)14(20)11-2-7-22-10-11/h2,7-10H,3-6H2,1H3. The maximum Gasteiger partial charge on any atom is 0.270 e. The van der Waals surface area contributed by atoms with Crippen LogP contribution in [-0.4, -0.2) is 52.4 Å². The minimum atomic E-state index is -0.0533. The number of rotatable bonds is 2. The van der Waals surface area contributed by atoms with E-state index in [0.717, 1.165) is 4.47 Å². The number of piperazine rings is 1. The Kier molecular flexibility index (Phi) is 4.06. The van der Waals surface area contributed by atoms with E-state index >= 15 is 0 Å². The molecule has 2 amide bonds. The van der Waals surface area contributed by atoms with Gasteiger partial charge in [0, 0.05) is 43.9 Å². The molecule has 2 aromatic heterocycles. The highest BCUT2D eigenvalue weighted by atomic mass is 79.9. The molecule has 22 heavy (non-hydrogen) atoms. The summed E-state index contributed by atoms with van der Waals surface area (Å²) < 4.78 is 7.62. The summed E-state index contributed by atoms with van der Waals surface area (Å²) in [5, 5.41) is 0. The highest BCUT2D eigenvalue weighted by Gasteiger charge is 2.27. The molecule has 0 radical (unpaired) electrons. The molecule has 0 N–H and O–H groups in total. The van der Waals surface area contributed by atoms with E-state index in [1.807, 2.05) is 19.3 Å². The summed E-state index contributed by atoms with van der Waals surface area (Å²) in [7, 11) is 1.84. The van der Waals surface area contributed by atoms with Crippen molar-refractivity contribution in [3.05, 3.63) is 46.6 Å². The molecule has 0 aliphatic carbocycles. The van der Waals surface area contributed by atoms with Crippen molar-refractivity contribution in [2.75, 3.05) is 26.2 Å². The maximum absolute atomic E-state index is 12.5. The minimum absolute atomic E-state index is 0.0105. The zero-order chi connectivity index (χ0) is 15.7. The van der Waals surface area contributed by atoms with Crippen LogP contribution in [0.4, 0.5) is 0 Å². The summed E-state index contributed by atoms with van der Waals surface area (Å²) >= 11 is 3.37.